The van der Waals surface area contributed by atoms with Gasteiger partial charge in [0.1, 0.15) is 0 Å². The molecule has 0 heterocycles. The highest BCUT2D eigenvalue weighted by molar-refractivity contribution is 5.89. The van der Waals surface area contributed by atoms with Gasteiger partial charge in [0.25, 0.3) is 0 Å². The molecule has 0 atom stereocenters. The Bertz CT molecular complexity index is 905. The molecule has 0 aliphatic rings. The van der Waals surface area contributed by atoms with Crippen LogP contribution in [-0.2, 0) is 29.1 Å². The van der Waals surface area contributed by atoms with Crippen molar-refractivity contribution in [2.75, 3.05) is 14.2 Å². The van der Waals surface area contributed by atoms with Gasteiger partial charge < -0.3 is 9.47 Å². The lowest BCUT2D eigenvalue weighted by atomic mass is 10.1. The van der Waals surface area contributed by atoms with Gasteiger partial charge in [0.05, 0.1) is 25.3 Å². The molecule has 5 nitrogen and oxygen atoms in total. The minimum Gasteiger partial charge on any atom is -0.465 e. The van der Waals surface area contributed by atoms with Gasteiger partial charge in [-0.3, -0.25) is 4.90 Å². The molecule has 0 bridgehead atoms. The maximum atomic E-state index is 11.7. The van der Waals surface area contributed by atoms with E-state index in [1.54, 1.807) is 24.3 Å². The van der Waals surface area contributed by atoms with Gasteiger partial charge in [-0.2, -0.15) is 0 Å². The summed E-state index contributed by atoms with van der Waals surface area (Å²) in [7, 11) is 2.76. The predicted octanol–water partition coefficient (Wildman–Crippen LogP) is 5.49. The number of nitrogens with zero attached hydrogens (tertiary/aromatic N) is 1. The average Bonchev–Trinajstić information content (AvgIpc) is 2.86. The van der Waals surface area contributed by atoms with Crippen LogP contribution in [0.25, 0.3) is 0 Å². The highest BCUT2D eigenvalue weighted by Gasteiger charge is 2.11. The second-order valence-electron chi connectivity index (χ2n) is 7.01. The number of hydrogen-bond acceptors (Lipinski definition) is 5. The smallest absolute Gasteiger partial charge is 0.337 e. The Hall–Kier alpha value is -3.44. The fourth-order valence-electron chi connectivity index (χ4n) is 3.25. The van der Waals surface area contributed by atoms with Gasteiger partial charge in [-0.25, -0.2) is 9.59 Å². The summed E-state index contributed by atoms with van der Waals surface area (Å²) in [5, 5.41) is 0. The number of ether oxygens (including phenoxy) is 2. The second kappa shape index (κ2) is 13.1. The molecule has 168 valence electrons. The molecule has 5 heteroatoms. The zero-order chi connectivity index (χ0) is 23.3. The predicted molar refractivity (Wildman–Crippen MR) is 126 cm³/mol. The van der Waals surface area contributed by atoms with Gasteiger partial charge >= 0.3 is 11.9 Å². The number of rotatable bonds is 8. The van der Waals surface area contributed by atoms with Crippen molar-refractivity contribution in [1.82, 2.24) is 4.90 Å². The van der Waals surface area contributed by atoms with E-state index >= 15 is 0 Å². The van der Waals surface area contributed by atoms with Crippen molar-refractivity contribution in [2.24, 2.45) is 0 Å². The van der Waals surface area contributed by atoms with Crippen LogP contribution in [0.1, 0.15) is 51.3 Å². The maximum Gasteiger partial charge on any atom is 0.337 e. The van der Waals surface area contributed by atoms with Gasteiger partial charge in [-0.05, 0) is 41.0 Å². The first-order valence-corrected chi connectivity index (χ1v) is 10.7. The van der Waals surface area contributed by atoms with Crippen molar-refractivity contribution in [3.63, 3.8) is 0 Å². The minimum absolute atomic E-state index is 0.339. The van der Waals surface area contributed by atoms with Gasteiger partial charge in [0.2, 0.25) is 0 Å². The van der Waals surface area contributed by atoms with Crippen molar-refractivity contribution >= 4 is 11.9 Å². The van der Waals surface area contributed by atoms with Crippen LogP contribution in [0.2, 0.25) is 0 Å². The van der Waals surface area contributed by atoms with E-state index in [0.717, 1.165) is 30.8 Å². The molecule has 0 aliphatic carbocycles. The third-order valence-electron chi connectivity index (χ3n) is 4.81. The molecule has 0 saturated carbocycles. The van der Waals surface area contributed by atoms with E-state index in [0.29, 0.717) is 11.1 Å². The highest BCUT2D eigenvalue weighted by Crippen LogP contribution is 2.16. The number of benzene rings is 3. The Morgan fingerprint density at radius 2 is 0.938 bits per heavy atom. The Balaban J connectivity index is 0.00000176. The van der Waals surface area contributed by atoms with Crippen LogP contribution in [0.15, 0.2) is 78.9 Å². The fraction of sp³-hybridized carbons (Fsp3) is 0.259. The van der Waals surface area contributed by atoms with Crippen LogP contribution in [0.5, 0.6) is 0 Å². The van der Waals surface area contributed by atoms with E-state index in [2.05, 4.69) is 17.0 Å². The maximum absolute atomic E-state index is 11.7. The molecule has 32 heavy (non-hydrogen) atoms. The van der Waals surface area contributed by atoms with Crippen LogP contribution in [0, 0.1) is 0 Å². The lowest BCUT2D eigenvalue weighted by Crippen LogP contribution is -2.22. The molecule has 0 aliphatic heterocycles. The third kappa shape index (κ3) is 7.36. The molecule has 0 aromatic heterocycles. The third-order valence-corrected chi connectivity index (χ3v) is 4.81. The van der Waals surface area contributed by atoms with E-state index in [4.69, 9.17) is 9.47 Å². The molecule has 0 amide bonds. The summed E-state index contributed by atoms with van der Waals surface area (Å²) < 4.78 is 9.54. The summed E-state index contributed by atoms with van der Waals surface area (Å²) in [5.74, 6) is -0.679. The monoisotopic (exact) mass is 433 g/mol. The molecular weight excluding hydrogens is 402 g/mol. The van der Waals surface area contributed by atoms with E-state index in [-0.39, 0.29) is 11.9 Å². The Morgan fingerprint density at radius 3 is 1.28 bits per heavy atom. The second-order valence-corrected chi connectivity index (χ2v) is 7.01. The summed E-state index contributed by atoms with van der Waals surface area (Å²) in [4.78, 5) is 25.6. The van der Waals surface area contributed by atoms with Gasteiger partial charge in [0, 0.05) is 19.6 Å². The number of esters is 2. The number of carbonyl (C=O) groups is 2. The number of methoxy groups -OCH3 is 2. The zero-order valence-corrected chi connectivity index (χ0v) is 19.2. The molecule has 0 radical (unpaired) electrons. The van der Waals surface area contributed by atoms with Crippen LogP contribution < -0.4 is 0 Å². The first-order chi connectivity index (χ1) is 15.6. The Kier molecular flexibility index (Phi) is 10.1. The van der Waals surface area contributed by atoms with Gasteiger partial charge in [0.15, 0.2) is 0 Å². The SMILES string of the molecule is CC.COC(=O)c1ccc(CN(Cc2ccccc2)Cc2ccc(C(=O)OC)cc2)cc1. The normalized spacial score (nSPS) is 10.2. The quantitative estimate of drug-likeness (QED) is 0.440. The van der Waals surface area contributed by atoms with Crippen molar-refractivity contribution < 1.29 is 19.1 Å². The first-order valence-electron chi connectivity index (χ1n) is 10.7. The average molecular weight is 434 g/mol. The molecule has 0 spiro atoms. The van der Waals surface area contributed by atoms with Gasteiger partial charge in [-0.1, -0.05) is 68.4 Å². The summed E-state index contributed by atoms with van der Waals surface area (Å²) in [6.07, 6.45) is 0. The zero-order valence-electron chi connectivity index (χ0n) is 19.2. The molecule has 3 aromatic carbocycles. The molecule has 3 aromatic rings. The van der Waals surface area contributed by atoms with Crippen molar-refractivity contribution in [3.8, 4) is 0 Å². The largest absolute Gasteiger partial charge is 0.465 e. The van der Waals surface area contributed by atoms with Crippen molar-refractivity contribution in [3.05, 3.63) is 107 Å². The molecule has 0 unspecified atom stereocenters. The summed E-state index contributed by atoms with van der Waals surface area (Å²) in [6.45, 7) is 6.21. The van der Waals surface area contributed by atoms with Crippen LogP contribution in [-0.4, -0.2) is 31.1 Å². The standard InChI is InChI=1S/C25H25NO4.C2H6/c1-29-24(27)22-12-8-20(9-13-22)17-26(16-19-6-4-3-5-7-19)18-21-10-14-23(15-11-21)25(28)30-2;1-2/h3-15H,16-18H2,1-2H3;1-2H3. The summed E-state index contributed by atoms with van der Waals surface area (Å²) in [5.41, 5.74) is 4.49. The number of hydrogen-bond donors (Lipinski definition) is 0. The number of carbonyl (C=O) groups excluding carboxylic acids is 2. The van der Waals surface area contributed by atoms with E-state index in [1.165, 1.54) is 19.8 Å². The fourth-order valence-corrected chi connectivity index (χ4v) is 3.25. The topological polar surface area (TPSA) is 55.8 Å². The van der Waals surface area contributed by atoms with E-state index < -0.39 is 0 Å². The lowest BCUT2D eigenvalue weighted by molar-refractivity contribution is 0.0592. The lowest BCUT2D eigenvalue weighted by Gasteiger charge is -2.23. The van der Waals surface area contributed by atoms with E-state index in [1.807, 2.05) is 56.3 Å². The van der Waals surface area contributed by atoms with Crippen molar-refractivity contribution in [2.45, 2.75) is 33.5 Å². The molecule has 0 saturated heterocycles. The highest BCUT2D eigenvalue weighted by atomic mass is 16.5. The molecule has 0 N–H and O–H groups in total. The molecular formula is C27H31NO4. The molecule has 0 fully saturated rings. The van der Waals surface area contributed by atoms with Crippen LogP contribution in [0.3, 0.4) is 0 Å². The van der Waals surface area contributed by atoms with Crippen molar-refractivity contribution in [1.29, 1.82) is 0 Å². The first kappa shape index (κ1) is 24.8. The summed E-state index contributed by atoms with van der Waals surface area (Å²) in [6, 6.07) is 25.2. The van der Waals surface area contributed by atoms with E-state index in [9.17, 15) is 9.59 Å². The van der Waals surface area contributed by atoms with Crippen LogP contribution >= 0.6 is 0 Å². The van der Waals surface area contributed by atoms with Gasteiger partial charge in [-0.15, -0.1) is 0 Å². The Labute approximate surface area is 190 Å². The Morgan fingerprint density at radius 1 is 0.594 bits per heavy atom. The summed E-state index contributed by atoms with van der Waals surface area (Å²) >= 11 is 0. The van der Waals surface area contributed by atoms with Crippen LogP contribution in [0.4, 0.5) is 0 Å². The minimum atomic E-state index is -0.339. The molecule has 3 rings (SSSR count).